The van der Waals surface area contributed by atoms with Gasteiger partial charge in [-0.05, 0) is 25.8 Å². The zero-order valence-electron chi connectivity index (χ0n) is 14.2. The van der Waals surface area contributed by atoms with E-state index < -0.39 is 11.2 Å². The van der Waals surface area contributed by atoms with Gasteiger partial charge in [-0.2, -0.15) is 5.10 Å². The van der Waals surface area contributed by atoms with Crippen LogP contribution in [0.5, 0.6) is 0 Å². The van der Waals surface area contributed by atoms with E-state index in [1.165, 1.54) is 10.6 Å². The molecule has 3 aromatic rings. The Morgan fingerprint density at radius 3 is 2.44 bits per heavy atom. The molecule has 0 saturated heterocycles. The Hall–Kier alpha value is -2.12. The normalized spacial score (nSPS) is 11.8. The topological polar surface area (TPSA) is 85.6 Å². The van der Waals surface area contributed by atoms with Crippen molar-refractivity contribution in [3.8, 4) is 5.82 Å². The first-order chi connectivity index (χ1) is 11.7. The highest BCUT2D eigenvalue weighted by Crippen LogP contribution is 2.28. The van der Waals surface area contributed by atoms with Gasteiger partial charge in [0.25, 0.3) is 5.56 Å². The molecule has 0 radical (unpaired) electrons. The summed E-state index contributed by atoms with van der Waals surface area (Å²) in [6, 6.07) is 1.41. The Morgan fingerprint density at radius 2 is 1.84 bits per heavy atom. The van der Waals surface area contributed by atoms with E-state index in [1.54, 1.807) is 10.9 Å². The molecule has 0 amide bonds. The summed E-state index contributed by atoms with van der Waals surface area (Å²) in [5, 5.41) is 4.75. The number of H-pyrrole nitrogens is 1. The summed E-state index contributed by atoms with van der Waals surface area (Å²) in [5.74, 6) is 0.668. The molecule has 0 aromatic carbocycles. The smallest absolute Gasteiger partial charge is 0.273 e. The van der Waals surface area contributed by atoms with E-state index >= 15 is 0 Å². The Labute approximate surface area is 153 Å². The number of nitrogens with one attached hydrogen (secondary N) is 1. The molecule has 0 unspecified atom stereocenters. The monoisotopic (exact) mass is 381 g/mol. The summed E-state index contributed by atoms with van der Waals surface area (Å²) in [5.41, 5.74) is -0.166. The fraction of sp³-hybridized carbons (Fsp3) is 0.375. The molecular formula is C16H17Cl2N5O2. The van der Waals surface area contributed by atoms with E-state index in [2.05, 4.69) is 15.1 Å². The van der Waals surface area contributed by atoms with Crippen molar-refractivity contribution in [3.63, 3.8) is 0 Å². The lowest BCUT2D eigenvalue weighted by atomic mass is 10.1. The molecule has 1 N–H and O–H groups in total. The maximum Gasteiger partial charge on any atom is 0.335 e. The van der Waals surface area contributed by atoms with Crippen LogP contribution in [0.25, 0.3) is 16.9 Å². The van der Waals surface area contributed by atoms with E-state index in [9.17, 15) is 9.59 Å². The van der Waals surface area contributed by atoms with Crippen molar-refractivity contribution in [1.82, 2.24) is 24.3 Å². The van der Waals surface area contributed by atoms with Gasteiger partial charge in [0.1, 0.15) is 11.0 Å². The Balaban J connectivity index is 2.53. The summed E-state index contributed by atoms with van der Waals surface area (Å²) < 4.78 is 3.06. The highest BCUT2D eigenvalue weighted by molar-refractivity contribution is 6.41. The number of aromatic amines is 1. The zero-order chi connectivity index (χ0) is 18.5. The molecule has 0 fully saturated rings. The molecular weight excluding hydrogens is 365 g/mol. The predicted octanol–water partition coefficient (Wildman–Crippen LogP) is 3.28. The number of halogens is 2. The van der Waals surface area contributed by atoms with Crippen LogP contribution in [-0.2, 0) is 0 Å². The maximum absolute atomic E-state index is 12.6. The first-order valence-corrected chi connectivity index (χ1v) is 8.56. The minimum atomic E-state index is -0.604. The molecule has 3 aromatic heterocycles. The quantitative estimate of drug-likeness (QED) is 0.705. The van der Waals surface area contributed by atoms with Gasteiger partial charge in [-0.1, -0.05) is 37.0 Å². The predicted molar refractivity (Wildman–Crippen MR) is 98.2 cm³/mol. The van der Waals surface area contributed by atoms with E-state index in [0.717, 1.165) is 5.56 Å². The van der Waals surface area contributed by atoms with Gasteiger partial charge < -0.3 is 0 Å². The second-order valence-electron chi connectivity index (χ2n) is 6.34. The van der Waals surface area contributed by atoms with Crippen molar-refractivity contribution >= 4 is 34.2 Å². The second kappa shape index (κ2) is 6.31. The lowest BCUT2D eigenvalue weighted by Crippen LogP contribution is -2.32. The van der Waals surface area contributed by atoms with Crippen molar-refractivity contribution in [2.75, 3.05) is 0 Å². The molecule has 3 rings (SSSR count). The highest BCUT2D eigenvalue weighted by Gasteiger charge is 2.22. The zero-order valence-corrected chi connectivity index (χ0v) is 15.7. The molecule has 0 atom stereocenters. The summed E-state index contributed by atoms with van der Waals surface area (Å²) in [7, 11) is 0. The van der Waals surface area contributed by atoms with Gasteiger partial charge in [-0.15, -0.1) is 0 Å². The fourth-order valence-corrected chi connectivity index (χ4v) is 2.98. The Morgan fingerprint density at radius 1 is 1.16 bits per heavy atom. The van der Waals surface area contributed by atoms with E-state index in [0.29, 0.717) is 5.82 Å². The lowest BCUT2D eigenvalue weighted by Gasteiger charge is -2.17. The largest absolute Gasteiger partial charge is 0.335 e. The fourth-order valence-electron chi connectivity index (χ4n) is 2.69. The first kappa shape index (κ1) is 17.7. The Kier molecular flexibility index (Phi) is 4.47. The van der Waals surface area contributed by atoms with Crippen LogP contribution in [0.1, 0.15) is 45.2 Å². The number of hydrogen-bond acceptors (Lipinski definition) is 4. The van der Waals surface area contributed by atoms with Gasteiger partial charge in [0.05, 0.1) is 16.6 Å². The number of hydrogen-bond donors (Lipinski definition) is 1. The molecule has 0 aliphatic carbocycles. The van der Waals surface area contributed by atoms with Gasteiger partial charge in [0.15, 0.2) is 5.65 Å². The summed E-state index contributed by atoms with van der Waals surface area (Å²) in [6.45, 7) is 7.91. The molecule has 0 aliphatic rings. The molecule has 0 bridgehead atoms. The number of fused-ring (bicyclic) bond motifs is 1. The van der Waals surface area contributed by atoms with Crippen LogP contribution in [0.4, 0.5) is 0 Å². The van der Waals surface area contributed by atoms with Crippen molar-refractivity contribution in [2.24, 2.45) is 0 Å². The third-order valence-corrected chi connectivity index (χ3v) is 4.59. The van der Waals surface area contributed by atoms with Crippen LogP contribution >= 0.6 is 23.2 Å². The third kappa shape index (κ3) is 2.87. The summed E-state index contributed by atoms with van der Waals surface area (Å²) in [6.07, 6.45) is 1.72. The summed E-state index contributed by atoms with van der Waals surface area (Å²) >= 11 is 12.0. The summed E-state index contributed by atoms with van der Waals surface area (Å²) in [4.78, 5) is 31.3. The number of rotatable bonds is 3. The number of pyridine rings is 1. The van der Waals surface area contributed by atoms with Crippen molar-refractivity contribution in [2.45, 2.75) is 39.7 Å². The van der Waals surface area contributed by atoms with Crippen LogP contribution < -0.4 is 11.2 Å². The van der Waals surface area contributed by atoms with Crippen LogP contribution in [0.3, 0.4) is 0 Å². The number of nitrogens with zero attached hydrogens (tertiary/aromatic N) is 4. The maximum atomic E-state index is 12.6. The lowest BCUT2D eigenvalue weighted by molar-refractivity contribution is 0.518. The van der Waals surface area contributed by atoms with Gasteiger partial charge in [-0.3, -0.25) is 9.78 Å². The number of aromatic nitrogens is 5. The highest BCUT2D eigenvalue weighted by atomic mass is 35.5. The van der Waals surface area contributed by atoms with Crippen molar-refractivity contribution in [1.29, 1.82) is 0 Å². The molecule has 0 aliphatic heterocycles. The van der Waals surface area contributed by atoms with Gasteiger partial charge >= 0.3 is 5.69 Å². The molecule has 7 nitrogen and oxygen atoms in total. The molecule has 132 valence electrons. The molecule has 0 spiro atoms. The average Bonchev–Trinajstić information content (AvgIpc) is 2.94. The SMILES string of the molecule is CC(C)c1cnn(C(C)C)c1-n1c(=O)[nH]c(=O)c2cc(Cl)c(Cl)nc21. The van der Waals surface area contributed by atoms with E-state index in [1.807, 2.05) is 27.7 Å². The van der Waals surface area contributed by atoms with Crippen LogP contribution in [0.15, 0.2) is 21.9 Å². The molecule has 0 saturated carbocycles. The third-order valence-electron chi connectivity index (χ3n) is 3.91. The minimum Gasteiger partial charge on any atom is -0.273 e. The van der Waals surface area contributed by atoms with Gasteiger partial charge in [-0.25, -0.2) is 19.0 Å². The van der Waals surface area contributed by atoms with Gasteiger partial charge in [0.2, 0.25) is 0 Å². The minimum absolute atomic E-state index is 0.000787. The molecule has 9 heteroatoms. The standard InChI is InChI=1S/C16H17Cl2N5O2/c1-7(2)10-6-19-23(8(3)4)15(10)22-13-9(14(24)21-16(22)25)5-11(17)12(18)20-13/h5-8H,1-4H3,(H,21,24,25). The molecule has 25 heavy (non-hydrogen) atoms. The second-order valence-corrected chi connectivity index (χ2v) is 7.11. The van der Waals surface area contributed by atoms with Gasteiger partial charge in [0, 0.05) is 11.6 Å². The Bertz CT molecular complexity index is 1050. The van der Waals surface area contributed by atoms with Crippen LogP contribution in [0, 0.1) is 0 Å². The van der Waals surface area contributed by atoms with Crippen LogP contribution in [-0.4, -0.2) is 24.3 Å². The van der Waals surface area contributed by atoms with Crippen LogP contribution in [0.2, 0.25) is 10.2 Å². The van der Waals surface area contributed by atoms with Crippen molar-refractivity contribution < 1.29 is 0 Å². The first-order valence-electron chi connectivity index (χ1n) is 7.81. The van der Waals surface area contributed by atoms with Crippen molar-refractivity contribution in [3.05, 3.63) is 48.8 Å². The molecule has 3 heterocycles. The van der Waals surface area contributed by atoms with E-state index in [-0.39, 0.29) is 33.2 Å². The van der Waals surface area contributed by atoms with E-state index in [4.69, 9.17) is 23.2 Å². The average molecular weight is 382 g/mol.